The fourth-order valence-electron chi connectivity index (χ4n) is 2.33. The molecule has 1 aromatic rings. The van der Waals surface area contributed by atoms with Crippen molar-refractivity contribution in [3.63, 3.8) is 0 Å². The Kier molecular flexibility index (Phi) is 9.29. The molecule has 0 aliphatic carbocycles. The van der Waals surface area contributed by atoms with E-state index in [1.165, 1.54) is 31.2 Å². The van der Waals surface area contributed by atoms with E-state index in [1.54, 1.807) is 0 Å². The van der Waals surface area contributed by atoms with Crippen molar-refractivity contribution in [2.75, 3.05) is 6.61 Å². The van der Waals surface area contributed by atoms with Crippen molar-refractivity contribution in [3.05, 3.63) is 35.9 Å². The van der Waals surface area contributed by atoms with Crippen LogP contribution >= 0.6 is 0 Å². The molecule has 1 aromatic carbocycles. The smallest absolute Gasteiger partial charge is 0.0715 e. The van der Waals surface area contributed by atoms with E-state index in [4.69, 9.17) is 0 Å². The SMILES string of the molecule is CCCCCCC[C@@H](O)C(CO)NCc1ccccc1. The third kappa shape index (κ3) is 7.04. The number of hydrogen-bond acceptors (Lipinski definition) is 3. The van der Waals surface area contributed by atoms with E-state index in [0.29, 0.717) is 6.54 Å². The van der Waals surface area contributed by atoms with E-state index in [0.717, 1.165) is 12.8 Å². The summed E-state index contributed by atoms with van der Waals surface area (Å²) in [5.41, 5.74) is 1.17. The molecule has 0 bridgehead atoms. The Hall–Kier alpha value is -0.900. The lowest BCUT2D eigenvalue weighted by atomic mass is 10.0. The van der Waals surface area contributed by atoms with E-state index in [2.05, 4.69) is 12.2 Å². The lowest BCUT2D eigenvalue weighted by Crippen LogP contribution is -2.42. The molecule has 114 valence electrons. The van der Waals surface area contributed by atoms with Crippen LogP contribution in [0.2, 0.25) is 0 Å². The molecule has 0 aliphatic heterocycles. The van der Waals surface area contributed by atoms with Crippen LogP contribution in [0.15, 0.2) is 30.3 Å². The van der Waals surface area contributed by atoms with Crippen LogP contribution in [0.25, 0.3) is 0 Å². The summed E-state index contributed by atoms with van der Waals surface area (Å²) in [5.74, 6) is 0. The summed E-state index contributed by atoms with van der Waals surface area (Å²) in [6, 6.07) is 9.82. The lowest BCUT2D eigenvalue weighted by molar-refractivity contribution is 0.0803. The van der Waals surface area contributed by atoms with Gasteiger partial charge in [0.1, 0.15) is 0 Å². The molecule has 3 N–H and O–H groups in total. The quantitative estimate of drug-likeness (QED) is 0.546. The number of hydrogen-bond donors (Lipinski definition) is 3. The molecule has 0 saturated carbocycles. The summed E-state index contributed by atoms with van der Waals surface area (Å²) in [7, 11) is 0. The van der Waals surface area contributed by atoms with Crippen LogP contribution in [0.3, 0.4) is 0 Å². The molecule has 0 spiro atoms. The Balaban J connectivity index is 2.23. The molecule has 0 radical (unpaired) electrons. The first-order chi connectivity index (χ1) is 9.77. The molecule has 0 amide bonds. The monoisotopic (exact) mass is 279 g/mol. The van der Waals surface area contributed by atoms with Gasteiger partial charge in [-0.1, -0.05) is 69.4 Å². The summed E-state index contributed by atoms with van der Waals surface area (Å²) < 4.78 is 0. The maximum absolute atomic E-state index is 10.1. The highest BCUT2D eigenvalue weighted by atomic mass is 16.3. The van der Waals surface area contributed by atoms with Crippen LogP contribution in [-0.2, 0) is 6.54 Å². The van der Waals surface area contributed by atoms with Crippen molar-refractivity contribution < 1.29 is 10.2 Å². The Labute approximate surface area is 123 Å². The van der Waals surface area contributed by atoms with Crippen molar-refractivity contribution in [2.24, 2.45) is 0 Å². The minimum Gasteiger partial charge on any atom is -0.395 e. The van der Waals surface area contributed by atoms with Crippen LogP contribution < -0.4 is 5.32 Å². The van der Waals surface area contributed by atoms with Crippen molar-refractivity contribution in [2.45, 2.75) is 64.1 Å². The van der Waals surface area contributed by atoms with Crippen LogP contribution in [0, 0.1) is 0 Å². The maximum Gasteiger partial charge on any atom is 0.0715 e. The van der Waals surface area contributed by atoms with Gasteiger partial charge in [-0.25, -0.2) is 0 Å². The fourth-order valence-corrected chi connectivity index (χ4v) is 2.33. The second-order valence-corrected chi connectivity index (χ2v) is 5.43. The van der Waals surface area contributed by atoms with Gasteiger partial charge in [-0.3, -0.25) is 0 Å². The van der Waals surface area contributed by atoms with E-state index in [9.17, 15) is 10.2 Å². The first-order valence-electron chi connectivity index (χ1n) is 7.84. The molecule has 0 heterocycles. The number of aliphatic hydroxyl groups excluding tert-OH is 2. The minimum absolute atomic E-state index is 0.0248. The van der Waals surface area contributed by atoms with Crippen molar-refractivity contribution in [1.29, 1.82) is 0 Å². The summed E-state index contributed by atoms with van der Waals surface area (Å²) in [5, 5.41) is 22.8. The van der Waals surface area contributed by atoms with Gasteiger partial charge >= 0.3 is 0 Å². The topological polar surface area (TPSA) is 52.5 Å². The van der Waals surface area contributed by atoms with Crippen LogP contribution in [0.1, 0.15) is 51.0 Å². The van der Waals surface area contributed by atoms with Crippen molar-refractivity contribution in [3.8, 4) is 0 Å². The number of rotatable bonds is 11. The molecule has 20 heavy (non-hydrogen) atoms. The average Bonchev–Trinajstić information content (AvgIpc) is 2.48. The van der Waals surface area contributed by atoms with Gasteiger partial charge in [-0.15, -0.1) is 0 Å². The fraction of sp³-hybridized carbons (Fsp3) is 0.647. The van der Waals surface area contributed by atoms with Gasteiger partial charge in [0.15, 0.2) is 0 Å². The number of unbranched alkanes of at least 4 members (excludes halogenated alkanes) is 4. The first-order valence-corrected chi connectivity index (χ1v) is 7.84. The molecule has 3 nitrogen and oxygen atoms in total. The van der Waals surface area contributed by atoms with Gasteiger partial charge in [0.2, 0.25) is 0 Å². The van der Waals surface area contributed by atoms with E-state index in [1.807, 2.05) is 30.3 Å². The summed E-state index contributed by atoms with van der Waals surface area (Å²) in [6.07, 6.45) is 6.24. The zero-order valence-corrected chi connectivity index (χ0v) is 12.6. The predicted molar refractivity (Wildman–Crippen MR) is 83.5 cm³/mol. The molecule has 0 aliphatic rings. The normalized spacial score (nSPS) is 14.2. The third-order valence-corrected chi connectivity index (χ3v) is 3.68. The van der Waals surface area contributed by atoms with Gasteiger partial charge in [-0.2, -0.15) is 0 Å². The molecule has 2 atom stereocenters. The van der Waals surface area contributed by atoms with Crippen LogP contribution in [0.4, 0.5) is 0 Å². The van der Waals surface area contributed by atoms with Crippen LogP contribution in [-0.4, -0.2) is 29.0 Å². The molecule has 1 rings (SSSR count). The molecule has 0 aromatic heterocycles. The van der Waals surface area contributed by atoms with E-state index >= 15 is 0 Å². The average molecular weight is 279 g/mol. The second-order valence-electron chi connectivity index (χ2n) is 5.43. The Morgan fingerprint density at radius 1 is 1.05 bits per heavy atom. The Bertz CT molecular complexity index is 329. The van der Waals surface area contributed by atoms with Gasteiger partial charge < -0.3 is 15.5 Å². The largest absolute Gasteiger partial charge is 0.395 e. The molecular weight excluding hydrogens is 250 g/mol. The standard InChI is InChI=1S/C17H29NO2/c1-2-3-4-5-9-12-17(20)16(14-19)18-13-15-10-7-6-8-11-15/h6-8,10-11,16-20H,2-5,9,12-14H2,1H3/t16?,17-/m1/s1. The number of benzene rings is 1. The number of aliphatic hydroxyl groups is 2. The molecular formula is C17H29NO2. The third-order valence-electron chi connectivity index (χ3n) is 3.68. The van der Waals surface area contributed by atoms with Crippen molar-refractivity contribution in [1.82, 2.24) is 5.32 Å². The minimum atomic E-state index is -0.467. The Morgan fingerprint density at radius 3 is 2.40 bits per heavy atom. The molecule has 0 saturated heterocycles. The van der Waals surface area contributed by atoms with Crippen LogP contribution in [0.5, 0.6) is 0 Å². The highest BCUT2D eigenvalue weighted by Crippen LogP contribution is 2.10. The maximum atomic E-state index is 10.1. The second kappa shape index (κ2) is 10.8. The van der Waals surface area contributed by atoms with E-state index in [-0.39, 0.29) is 12.6 Å². The predicted octanol–water partition coefficient (Wildman–Crippen LogP) is 2.86. The van der Waals surface area contributed by atoms with Crippen molar-refractivity contribution >= 4 is 0 Å². The molecule has 3 heteroatoms. The molecule has 1 unspecified atom stereocenters. The van der Waals surface area contributed by atoms with Gasteiger partial charge in [-0.05, 0) is 12.0 Å². The summed E-state index contributed by atoms with van der Waals surface area (Å²) in [6.45, 7) is 2.85. The van der Waals surface area contributed by atoms with E-state index < -0.39 is 6.10 Å². The summed E-state index contributed by atoms with van der Waals surface area (Å²) in [4.78, 5) is 0. The zero-order chi connectivity index (χ0) is 14.6. The Morgan fingerprint density at radius 2 is 1.75 bits per heavy atom. The van der Waals surface area contributed by atoms with Gasteiger partial charge in [0, 0.05) is 6.54 Å². The molecule has 0 fully saturated rings. The highest BCUT2D eigenvalue weighted by molar-refractivity contribution is 5.14. The summed E-state index contributed by atoms with van der Waals surface area (Å²) >= 11 is 0. The zero-order valence-electron chi connectivity index (χ0n) is 12.6. The first kappa shape index (κ1) is 17.2. The highest BCUT2D eigenvalue weighted by Gasteiger charge is 2.17. The van der Waals surface area contributed by atoms with Gasteiger partial charge in [0.25, 0.3) is 0 Å². The number of nitrogens with one attached hydrogen (secondary N) is 1. The van der Waals surface area contributed by atoms with Gasteiger partial charge in [0.05, 0.1) is 18.8 Å². The lowest BCUT2D eigenvalue weighted by Gasteiger charge is -2.22.